The second-order valence-corrected chi connectivity index (χ2v) is 4.99. The summed E-state index contributed by atoms with van der Waals surface area (Å²) in [6.45, 7) is 2.84. The van der Waals surface area contributed by atoms with E-state index in [9.17, 15) is 4.39 Å². The molecule has 3 rings (SSSR count). The van der Waals surface area contributed by atoms with Crippen LogP contribution < -0.4 is 4.74 Å². The molecule has 3 aromatic rings. The van der Waals surface area contributed by atoms with Gasteiger partial charge in [0, 0.05) is 6.54 Å². The molecule has 0 fully saturated rings. The lowest BCUT2D eigenvalue weighted by molar-refractivity contribution is 0.459. The summed E-state index contributed by atoms with van der Waals surface area (Å²) in [4.78, 5) is 8.51. The van der Waals surface area contributed by atoms with Gasteiger partial charge in [0.05, 0.1) is 18.0 Å². The Labute approximate surface area is 123 Å². The van der Waals surface area contributed by atoms with Crippen molar-refractivity contribution in [1.29, 1.82) is 0 Å². The molecule has 4 nitrogen and oxygen atoms in total. The van der Waals surface area contributed by atoms with Gasteiger partial charge < -0.3 is 9.30 Å². The number of rotatable bonds is 3. The lowest BCUT2D eigenvalue weighted by Crippen LogP contribution is -1.95. The number of benzene rings is 1. The van der Waals surface area contributed by atoms with Crippen LogP contribution in [0, 0.1) is 5.82 Å². The Morgan fingerprint density at radius 1 is 1.25 bits per heavy atom. The molecule has 1 aromatic carbocycles. The Hall–Kier alpha value is -1.95. The number of aromatic nitrogens is 3. The molecule has 0 spiro atoms. The Balaban J connectivity index is 2.03. The Bertz CT molecular complexity index is 755. The minimum Gasteiger partial charge on any atom is -0.438 e. The molecule has 0 saturated carbocycles. The number of ether oxygens (including phenoxy) is 1. The highest BCUT2D eigenvalue weighted by Gasteiger charge is 2.13. The van der Waals surface area contributed by atoms with Gasteiger partial charge in [-0.3, -0.25) is 0 Å². The second kappa shape index (κ2) is 5.20. The van der Waals surface area contributed by atoms with Crippen molar-refractivity contribution in [2.45, 2.75) is 13.5 Å². The number of nitrogens with zero attached hydrogens (tertiary/aromatic N) is 3. The first-order valence-corrected chi connectivity index (χ1v) is 6.91. The molecule has 0 unspecified atom stereocenters. The quantitative estimate of drug-likeness (QED) is 0.722. The zero-order valence-corrected chi connectivity index (χ0v) is 12.3. The van der Waals surface area contributed by atoms with Crippen LogP contribution in [0.5, 0.6) is 11.6 Å². The molecule has 0 N–H and O–H groups in total. The van der Waals surface area contributed by atoms with E-state index in [0.29, 0.717) is 11.6 Å². The fraction of sp³-hybridized carbons (Fsp3) is 0.143. The lowest BCUT2D eigenvalue weighted by atomic mass is 10.3. The maximum atomic E-state index is 12.9. The van der Waals surface area contributed by atoms with Gasteiger partial charge in [-0.15, -0.1) is 0 Å². The minimum atomic E-state index is -0.302. The van der Waals surface area contributed by atoms with E-state index in [0.717, 1.165) is 22.1 Å². The molecule has 0 atom stereocenters. The predicted molar refractivity (Wildman–Crippen MR) is 77.4 cm³/mol. The molecule has 0 amide bonds. The highest BCUT2D eigenvalue weighted by molar-refractivity contribution is 9.10. The van der Waals surface area contributed by atoms with Gasteiger partial charge in [0.25, 0.3) is 0 Å². The van der Waals surface area contributed by atoms with Gasteiger partial charge in [0.1, 0.15) is 21.6 Å². The van der Waals surface area contributed by atoms with Crippen molar-refractivity contribution in [3.8, 4) is 11.6 Å². The fourth-order valence-corrected chi connectivity index (χ4v) is 2.55. The van der Waals surface area contributed by atoms with Gasteiger partial charge in [-0.2, -0.15) is 0 Å². The zero-order valence-electron chi connectivity index (χ0n) is 10.7. The van der Waals surface area contributed by atoms with Crippen molar-refractivity contribution >= 4 is 27.0 Å². The summed E-state index contributed by atoms with van der Waals surface area (Å²) in [7, 11) is 0. The fourth-order valence-electron chi connectivity index (χ4n) is 1.93. The van der Waals surface area contributed by atoms with Crippen LogP contribution >= 0.6 is 15.9 Å². The summed E-state index contributed by atoms with van der Waals surface area (Å²) in [6, 6.07) is 5.81. The number of hydrogen-bond acceptors (Lipinski definition) is 3. The highest BCUT2D eigenvalue weighted by Crippen LogP contribution is 2.33. The standard InChI is InChI=1S/C14H11BrFN3O/c1-2-19-8-18-11-7-17-14(12(15)13(11)19)20-10-5-3-9(16)4-6-10/h3-8H,2H2,1H3. The number of fused-ring (bicyclic) bond motifs is 1. The smallest absolute Gasteiger partial charge is 0.235 e. The molecular weight excluding hydrogens is 325 g/mol. The molecule has 2 aromatic heterocycles. The number of aryl methyl sites for hydroxylation is 1. The maximum Gasteiger partial charge on any atom is 0.235 e. The van der Waals surface area contributed by atoms with Crippen LogP contribution in [0.15, 0.2) is 41.3 Å². The Kier molecular flexibility index (Phi) is 3.40. The summed E-state index contributed by atoms with van der Waals surface area (Å²) < 4.78 is 21.3. The van der Waals surface area contributed by atoms with E-state index in [-0.39, 0.29) is 5.82 Å². The van der Waals surface area contributed by atoms with E-state index in [1.54, 1.807) is 24.7 Å². The van der Waals surface area contributed by atoms with E-state index in [4.69, 9.17) is 4.74 Å². The van der Waals surface area contributed by atoms with Gasteiger partial charge in [-0.1, -0.05) is 0 Å². The van der Waals surface area contributed by atoms with Gasteiger partial charge in [-0.05, 0) is 47.1 Å². The predicted octanol–water partition coefficient (Wildman–Crippen LogP) is 4.15. The Morgan fingerprint density at radius 3 is 2.70 bits per heavy atom. The van der Waals surface area contributed by atoms with E-state index >= 15 is 0 Å². The molecule has 0 aliphatic carbocycles. The molecule has 0 bridgehead atoms. The van der Waals surface area contributed by atoms with Crippen molar-refractivity contribution in [2.24, 2.45) is 0 Å². The first-order valence-electron chi connectivity index (χ1n) is 6.12. The third-order valence-corrected chi connectivity index (χ3v) is 3.65. The first kappa shape index (κ1) is 13.1. The second-order valence-electron chi connectivity index (χ2n) is 4.20. The van der Waals surface area contributed by atoms with Gasteiger partial charge >= 0.3 is 0 Å². The number of halogens is 2. The number of hydrogen-bond donors (Lipinski definition) is 0. The zero-order chi connectivity index (χ0) is 14.1. The molecule has 0 radical (unpaired) electrons. The van der Waals surface area contributed by atoms with Crippen molar-refractivity contribution in [2.75, 3.05) is 0 Å². The summed E-state index contributed by atoms with van der Waals surface area (Å²) in [5.41, 5.74) is 1.73. The van der Waals surface area contributed by atoms with Crippen LogP contribution in [-0.2, 0) is 6.54 Å². The number of imidazole rings is 1. The van der Waals surface area contributed by atoms with Gasteiger partial charge in [0.15, 0.2) is 0 Å². The van der Waals surface area contributed by atoms with Crippen LogP contribution in [-0.4, -0.2) is 14.5 Å². The van der Waals surface area contributed by atoms with Crippen LogP contribution in [0.1, 0.15) is 6.92 Å². The van der Waals surface area contributed by atoms with Crippen molar-refractivity contribution in [3.05, 3.63) is 47.1 Å². The summed E-state index contributed by atoms with van der Waals surface area (Å²) >= 11 is 3.50. The minimum absolute atomic E-state index is 0.302. The lowest BCUT2D eigenvalue weighted by Gasteiger charge is -2.08. The SMILES string of the molecule is CCn1cnc2cnc(Oc3ccc(F)cc3)c(Br)c21. The van der Waals surface area contributed by atoms with E-state index in [1.807, 2.05) is 11.5 Å². The molecule has 0 saturated heterocycles. The molecule has 20 heavy (non-hydrogen) atoms. The summed E-state index contributed by atoms with van der Waals surface area (Å²) in [5, 5.41) is 0. The van der Waals surface area contributed by atoms with Crippen LogP contribution in [0.2, 0.25) is 0 Å². The van der Waals surface area contributed by atoms with Crippen molar-refractivity contribution in [3.63, 3.8) is 0 Å². The summed E-state index contributed by atoms with van der Waals surface area (Å²) in [6.07, 6.45) is 3.42. The highest BCUT2D eigenvalue weighted by atomic mass is 79.9. The molecule has 2 heterocycles. The average molecular weight is 336 g/mol. The third-order valence-electron chi connectivity index (χ3n) is 2.93. The van der Waals surface area contributed by atoms with Crippen LogP contribution in [0.25, 0.3) is 11.0 Å². The van der Waals surface area contributed by atoms with Gasteiger partial charge in [0.2, 0.25) is 5.88 Å². The normalized spacial score (nSPS) is 10.9. The number of pyridine rings is 1. The largest absolute Gasteiger partial charge is 0.438 e. The summed E-state index contributed by atoms with van der Waals surface area (Å²) in [5.74, 6) is 0.657. The van der Waals surface area contributed by atoms with E-state index in [1.165, 1.54) is 12.1 Å². The van der Waals surface area contributed by atoms with Crippen LogP contribution in [0.3, 0.4) is 0 Å². The first-order chi connectivity index (χ1) is 9.69. The van der Waals surface area contributed by atoms with E-state index < -0.39 is 0 Å². The molecular formula is C14H11BrFN3O. The molecule has 102 valence electrons. The average Bonchev–Trinajstić information content (AvgIpc) is 2.88. The van der Waals surface area contributed by atoms with Crippen LogP contribution in [0.4, 0.5) is 4.39 Å². The van der Waals surface area contributed by atoms with Crippen molar-refractivity contribution < 1.29 is 9.13 Å². The molecule has 0 aliphatic heterocycles. The van der Waals surface area contributed by atoms with Crippen molar-refractivity contribution in [1.82, 2.24) is 14.5 Å². The van der Waals surface area contributed by atoms with E-state index in [2.05, 4.69) is 25.9 Å². The topological polar surface area (TPSA) is 39.9 Å². The Morgan fingerprint density at radius 2 is 2.00 bits per heavy atom. The molecule has 6 heteroatoms. The maximum absolute atomic E-state index is 12.9. The monoisotopic (exact) mass is 335 g/mol. The third kappa shape index (κ3) is 2.27. The molecule has 0 aliphatic rings. The van der Waals surface area contributed by atoms with Gasteiger partial charge in [-0.25, -0.2) is 14.4 Å².